The second kappa shape index (κ2) is 5.16. The minimum atomic E-state index is -1.83. The van der Waals surface area contributed by atoms with Crippen molar-refractivity contribution in [3.05, 3.63) is 0 Å². The number of hydrogen-bond acceptors (Lipinski definition) is 4. The SMILES string of the molecule is O=CN1CCCC1(C(=O)O)C(=O)N1CCCCC1O. The Bertz CT molecular complexity index is 400. The summed E-state index contributed by atoms with van der Waals surface area (Å²) < 4.78 is 0. The van der Waals surface area contributed by atoms with E-state index in [0.29, 0.717) is 25.8 Å². The molecule has 0 spiro atoms. The van der Waals surface area contributed by atoms with Crippen LogP contribution >= 0.6 is 0 Å². The first-order valence-electron chi connectivity index (χ1n) is 6.48. The molecule has 2 unspecified atom stereocenters. The van der Waals surface area contributed by atoms with Gasteiger partial charge in [-0.1, -0.05) is 0 Å². The van der Waals surface area contributed by atoms with E-state index in [1.165, 1.54) is 4.90 Å². The molecule has 0 aromatic heterocycles. The highest BCUT2D eigenvalue weighted by Crippen LogP contribution is 2.32. The molecule has 2 heterocycles. The second-order valence-corrected chi connectivity index (χ2v) is 5.04. The number of carboxylic acids is 1. The zero-order chi connectivity index (χ0) is 14.0. The molecule has 2 aliphatic heterocycles. The lowest BCUT2D eigenvalue weighted by Gasteiger charge is -2.39. The Kier molecular flexibility index (Phi) is 3.75. The molecule has 106 valence electrons. The lowest BCUT2D eigenvalue weighted by atomic mass is 9.93. The number of aliphatic hydroxyl groups excluding tert-OH is 1. The van der Waals surface area contributed by atoms with Crippen molar-refractivity contribution < 1.29 is 24.6 Å². The van der Waals surface area contributed by atoms with E-state index in [1.807, 2.05) is 0 Å². The van der Waals surface area contributed by atoms with Crippen LogP contribution in [0.1, 0.15) is 32.1 Å². The van der Waals surface area contributed by atoms with Crippen molar-refractivity contribution in [2.24, 2.45) is 0 Å². The van der Waals surface area contributed by atoms with Gasteiger partial charge in [-0.05, 0) is 32.1 Å². The number of nitrogens with zero attached hydrogens (tertiary/aromatic N) is 2. The summed E-state index contributed by atoms with van der Waals surface area (Å²) in [6, 6.07) is 0. The number of carboxylic acid groups (broad SMARTS) is 1. The number of aliphatic carboxylic acids is 1. The number of hydrogen-bond donors (Lipinski definition) is 2. The number of amides is 2. The van der Waals surface area contributed by atoms with Crippen LogP contribution in [0, 0.1) is 0 Å². The summed E-state index contributed by atoms with van der Waals surface area (Å²) in [5, 5.41) is 19.3. The van der Waals surface area contributed by atoms with E-state index in [2.05, 4.69) is 0 Å². The average molecular weight is 270 g/mol. The van der Waals surface area contributed by atoms with Gasteiger partial charge in [0.1, 0.15) is 6.23 Å². The van der Waals surface area contributed by atoms with Gasteiger partial charge in [0.15, 0.2) is 0 Å². The van der Waals surface area contributed by atoms with Gasteiger partial charge < -0.3 is 20.0 Å². The molecule has 2 N–H and O–H groups in total. The molecule has 2 rings (SSSR count). The molecule has 2 atom stereocenters. The van der Waals surface area contributed by atoms with Crippen molar-refractivity contribution >= 4 is 18.3 Å². The minimum Gasteiger partial charge on any atom is -0.479 e. The highest BCUT2D eigenvalue weighted by molar-refractivity contribution is 6.08. The quantitative estimate of drug-likeness (QED) is 0.527. The fraction of sp³-hybridized carbons (Fsp3) is 0.750. The topological polar surface area (TPSA) is 98.2 Å². The molecule has 0 aromatic rings. The molecule has 0 radical (unpaired) electrons. The number of aliphatic hydroxyl groups is 1. The van der Waals surface area contributed by atoms with E-state index in [-0.39, 0.29) is 13.0 Å². The summed E-state index contributed by atoms with van der Waals surface area (Å²) in [6.07, 6.45) is 2.02. The maximum absolute atomic E-state index is 12.5. The van der Waals surface area contributed by atoms with Crippen LogP contribution in [0.4, 0.5) is 0 Å². The maximum atomic E-state index is 12.5. The molecular formula is C12H18N2O5. The molecule has 7 nitrogen and oxygen atoms in total. The summed E-state index contributed by atoms with van der Waals surface area (Å²) in [7, 11) is 0. The van der Waals surface area contributed by atoms with Crippen LogP contribution in [0.3, 0.4) is 0 Å². The van der Waals surface area contributed by atoms with Crippen molar-refractivity contribution in [2.75, 3.05) is 13.1 Å². The van der Waals surface area contributed by atoms with Gasteiger partial charge in [0, 0.05) is 13.1 Å². The van der Waals surface area contributed by atoms with Crippen LogP contribution in [0.25, 0.3) is 0 Å². The van der Waals surface area contributed by atoms with E-state index >= 15 is 0 Å². The summed E-state index contributed by atoms with van der Waals surface area (Å²) in [4.78, 5) is 37.3. The summed E-state index contributed by atoms with van der Waals surface area (Å²) in [5.74, 6) is -1.99. The van der Waals surface area contributed by atoms with Gasteiger partial charge in [0.25, 0.3) is 5.91 Å². The number of piperidine rings is 1. The number of likely N-dealkylation sites (tertiary alicyclic amines) is 2. The van der Waals surface area contributed by atoms with Gasteiger partial charge in [-0.25, -0.2) is 4.79 Å². The molecule has 0 bridgehead atoms. The Labute approximate surface area is 110 Å². The van der Waals surface area contributed by atoms with Gasteiger partial charge in [0.2, 0.25) is 11.9 Å². The Morgan fingerprint density at radius 1 is 1.21 bits per heavy atom. The number of rotatable bonds is 3. The molecule has 0 aliphatic carbocycles. The number of carbonyl (C=O) groups is 3. The predicted octanol–water partition coefficient (Wildman–Crippen LogP) is -0.607. The predicted molar refractivity (Wildman–Crippen MR) is 63.9 cm³/mol. The second-order valence-electron chi connectivity index (χ2n) is 5.04. The summed E-state index contributed by atoms with van der Waals surface area (Å²) in [6.45, 7) is 0.590. The third-order valence-electron chi connectivity index (χ3n) is 3.99. The van der Waals surface area contributed by atoms with Crippen LogP contribution in [0.5, 0.6) is 0 Å². The Balaban J connectivity index is 2.31. The fourth-order valence-electron chi connectivity index (χ4n) is 2.92. The third-order valence-corrected chi connectivity index (χ3v) is 3.99. The largest absolute Gasteiger partial charge is 0.479 e. The number of carbonyl (C=O) groups excluding carboxylic acids is 2. The molecule has 2 fully saturated rings. The first kappa shape index (κ1) is 13.8. The molecule has 0 saturated carbocycles. The van der Waals surface area contributed by atoms with Gasteiger partial charge in [-0.2, -0.15) is 0 Å². The normalized spacial score (nSPS) is 31.3. The Hall–Kier alpha value is -1.63. The maximum Gasteiger partial charge on any atom is 0.339 e. The fourth-order valence-corrected chi connectivity index (χ4v) is 2.92. The smallest absolute Gasteiger partial charge is 0.339 e. The lowest BCUT2D eigenvalue weighted by Crippen LogP contribution is -2.63. The first-order chi connectivity index (χ1) is 9.04. The highest BCUT2D eigenvalue weighted by Gasteiger charge is 2.56. The van der Waals surface area contributed by atoms with Gasteiger partial charge in [-0.15, -0.1) is 0 Å². The standard InChI is InChI=1S/C12H18N2O5/c15-8-13-6-3-5-12(13,11(18)19)10(17)14-7-2-1-4-9(14)16/h8-9,16H,1-7H2,(H,18,19). The average Bonchev–Trinajstić information content (AvgIpc) is 2.83. The summed E-state index contributed by atoms with van der Waals surface area (Å²) in [5.41, 5.74) is -1.83. The van der Waals surface area contributed by atoms with Crippen LogP contribution in [-0.2, 0) is 14.4 Å². The third kappa shape index (κ3) is 2.07. The van der Waals surface area contributed by atoms with Crippen LogP contribution < -0.4 is 0 Å². The molecule has 2 aliphatic rings. The van der Waals surface area contributed by atoms with Crippen molar-refractivity contribution in [1.82, 2.24) is 9.80 Å². The van der Waals surface area contributed by atoms with E-state index in [1.54, 1.807) is 0 Å². The zero-order valence-electron chi connectivity index (χ0n) is 10.6. The van der Waals surface area contributed by atoms with Crippen molar-refractivity contribution in [2.45, 2.75) is 43.9 Å². The van der Waals surface area contributed by atoms with Crippen LogP contribution in [0.15, 0.2) is 0 Å². The highest BCUT2D eigenvalue weighted by atomic mass is 16.4. The molecule has 2 saturated heterocycles. The van der Waals surface area contributed by atoms with E-state index < -0.39 is 23.6 Å². The molecule has 2 amide bonds. The molecule has 19 heavy (non-hydrogen) atoms. The van der Waals surface area contributed by atoms with Crippen LogP contribution in [-0.4, -0.2) is 63.2 Å². The van der Waals surface area contributed by atoms with Gasteiger partial charge in [0.05, 0.1) is 0 Å². The van der Waals surface area contributed by atoms with E-state index in [9.17, 15) is 24.6 Å². The zero-order valence-corrected chi connectivity index (χ0v) is 10.6. The first-order valence-corrected chi connectivity index (χ1v) is 6.48. The Morgan fingerprint density at radius 2 is 1.95 bits per heavy atom. The van der Waals surface area contributed by atoms with Crippen molar-refractivity contribution in [1.29, 1.82) is 0 Å². The molecule has 0 aromatic carbocycles. The molecular weight excluding hydrogens is 252 g/mol. The lowest BCUT2D eigenvalue weighted by molar-refractivity contribution is -0.170. The Morgan fingerprint density at radius 3 is 2.53 bits per heavy atom. The van der Waals surface area contributed by atoms with Gasteiger partial charge >= 0.3 is 5.97 Å². The minimum absolute atomic E-state index is 0.100. The molecule has 7 heteroatoms. The van der Waals surface area contributed by atoms with E-state index in [0.717, 1.165) is 17.7 Å². The summed E-state index contributed by atoms with van der Waals surface area (Å²) >= 11 is 0. The van der Waals surface area contributed by atoms with E-state index in [4.69, 9.17) is 0 Å². The monoisotopic (exact) mass is 270 g/mol. The van der Waals surface area contributed by atoms with Gasteiger partial charge in [-0.3, -0.25) is 9.59 Å². The van der Waals surface area contributed by atoms with Crippen LogP contribution in [0.2, 0.25) is 0 Å². The van der Waals surface area contributed by atoms with Crippen molar-refractivity contribution in [3.63, 3.8) is 0 Å². The van der Waals surface area contributed by atoms with Crippen molar-refractivity contribution in [3.8, 4) is 0 Å².